The Morgan fingerprint density at radius 1 is 0.405 bits per heavy atom. The van der Waals surface area contributed by atoms with Crippen molar-refractivity contribution in [2.24, 2.45) is 85.4 Å². The number of aliphatic hydroxyl groups is 1. The van der Waals surface area contributed by atoms with Crippen LogP contribution in [-0.4, -0.2) is 216 Å². The molecule has 0 heterocycles. The molecule has 0 aliphatic rings. The molecule has 0 aliphatic heterocycles. The summed E-state index contributed by atoms with van der Waals surface area (Å²) >= 11 is 0. The van der Waals surface area contributed by atoms with Crippen LogP contribution in [0.4, 0.5) is 0 Å². The van der Waals surface area contributed by atoms with Crippen LogP contribution in [0, 0.1) is 29.6 Å². The maximum Gasteiger partial charge on any atom is 0.305 e. The van der Waals surface area contributed by atoms with Crippen LogP contribution in [0.1, 0.15) is 178 Å². The summed E-state index contributed by atoms with van der Waals surface area (Å²) < 4.78 is 0. The summed E-state index contributed by atoms with van der Waals surface area (Å²) in [6.07, 6.45) is -0.355. The first-order valence-electron chi connectivity index (χ1n) is 37.7. The van der Waals surface area contributed by atoms with Crippen molar-refractivity contribution in [2.45, 2.75) is 257 Å². The number of amides is 14. The van der Waals surface area contributed by atoms with Gasteiger partial charge in [-0.1, -0.05) is 112 Å². The summed E-state index contributed by atoms with van der Waals surface area (Å²) in [4.78, 5) is 215. The Balaban J connectivity index is 3.65. The van der Waals surface area contributed by atoms with Gasteiger partial charge in [0.2, 0.25) is 82.7 Å². The lowest BCUT2D eigenvalue weighted by Gasteiger charge is -2.30. The zero-order valence-electron chi connectivity index (χ0n) is 66.0. The Kier molecular flexibility index (Phi) is 46.2. The minimum Gasteiger partial charge on any atom is -0.481 e. The fourth-order valence-corrected chi connectivity index (χ4v) is 11.3. The quantitative estimate of drug-likeness (QED) is 0.0165. The number of aliphatic hydroxyl groups excluding tert-OH is 1. The SMILES string of the molecule is CC[C@H](C)[C@H](NC(=O)[C@H](CCCCN)NC(=O)[C@@H](NC(=O)[C@@H](N)CCCN=C(N)N)[C@@H](C)CC)C(=O)N[C@H](C)C(=O)N[C@@H](CC(C)C)C(=O)N[C@@H](Cc1ccccc1)C(=O)N[C@@H](CC(=O)O)C(=O)N[C@@H](CCC(N)=O)C(=O)N[C@@H](CC(C)C)C(=O)N[C@@H](CO)C(=O)N[C@@H](CCCN=C(N)N)C(=O)N[C@@H](CC(C)C)C(N)=O. The molecule has 1 aromatic rings. The zero-order valence-corrected chi connectivity index (χ0v) is 66.0. The third-order valence-electron chi connectivity index (χ3n) is 17.9. The predicted octanol–water partition coefficient (Wildman–Crippen LogP) is -4.92. The van der Waals surface area contributed by atoms with E-state index in [2.05, 4.69) is 73.8 Å². The molecule has 1 rings (SSSR count). The molecule has 0 fully saturated rings. The van der Waals surface area contributed by atoms with E-state index < -0.39 is 205 Å². The van der Waals surface area contributed by atoms with Crippen molar-refractivity contribution in [2.75, 3.05) is 26.2 Å². The summed E-state index contributed by atoms with van der Waals surface area (Å²) in [5.41, 5.74) is 45.1. The van der Waals surface area contributed by atoms with Crippen LogP contribution in [0.15, 0.2) is 40.3 Å². The van der Waals surface area contributed by atoms with Crippen LogP contribution in [0.5, 0.6) is 0 Å². The van der Waals surface area contributed by atoms with Gasteiger partial charge in [-0.3, -0.25) is 81.9 Å². The first kappa shape index (κ1) is 98.7. The van der Waals surface area contributed by atoms with Crippen molar-refractivity contribution >= 4 is 101 Å². The molecule has 626 valence electrons. The minimum atomic E-state index is -2.03. The highest BCUT2D eigenvalue weighted by Crippen LogP contribution is 2.17. The van der Waals surface area contributed by atoms with Gasteiger partial charge in [0, 0.05) is 25.9 Å². The van der Waals surface area contributed by atoms with Gasteiger partial charge in [-0.05, 0) is 119 Å². The maximum atomic E-state index is 14.6. The van der Waals surface area contributed by atoms with Crippen molar-refractivity contribution in [3.63, 3.8) is 0 Å². The molecule has 0 radical (unpaired) electrons. The van der Waals surface area contributed by atoms with Crippen molar-refractivity contribution in [1.29, 1.82) is 0 Å². The Hall–Kier alpha value is -10.3. The highest BCUT2D eigenvalue weighted by molar-refractivity contribution is 6.00. The van der Waals surface area contributed by atoms with Gasteiger partial charge in [-0.2, -0.15) is 0 Å². The number of nitrogens with two attached hydrogens (primary N) is 8. The van der Waals surface area contributed by atoms with Crippen molar-refractivity contribution in [1.82, 2.24) is 63.8 Å². The monoisotopic (exact) mass is 1570 g/mol. The van der Waals surface area contributed by atoms with Crippen LogP contribution in [0.25, 0.3) is 0 Å². The molecule has 0 aromatic heterocycles. The van der Waals surface area contributed by atoms with Crippen LogP contribution in [-0.2, 0) is 78.3 Å². The maximum absolute atomic E-state index is 14.6. The molecule has 0 spiro atoms. The van der Waals surface area contributed by atoms with Crippen molar-refractivity contribution in [3.05, 3.63) is 35.9 Å². The number of aliphatic carboxylic acids is 1. The number of carbonyl (C=O) groups is 15. The molecule has 14 amide bonds. The van der Waals surface area contributed by atoms with Gasteiger partial charge in [0.05, 0.1) is 19.1 Å². The number of aliphatic imine (C=N–C) groups is 2. The molecule has 0 bridgehead atoms. The Morgan fingerprint density at radius 3 is 1.23 bits per heavy atom. The van der Waals surface area contributed by atoms with E-state index in [9.17, 15) is 82.1 Å². The molecule has 0 unspecified atom stereocenters. The van der Waals surface area contributed by atoms with Gasteiger partial charge in [0.1, 0.15) is 72.5 Å². The highest BCUT2D eigenvalue weighted by atomic mass is 16.4. The van der Waals surface area contributed by atoms with Gasteiger partial charge in [-0.15, -0.1) is 0 Å². The molecule has 39 heteroatoms. The van der Waals surface area contributed by atoms with E-state index in [1.807, 2.05) is 6.92 Å². The summed E-state index contributed by atoms with van der Waals surface area (Å²) in [5, 5.41) is 51.2. The van der Waals surface area contributed by atoms with Crippen LogP contribution in [0.3, 0.4) is 0 Å². The number of nitrogens with zero attached hydrogens (tertiary/aromatic N) is 2. The normalized spacial score (nSPS) is 15.3. The molecule has 39 nitrogen and oxygen atoms in total. The molecular formula is C72H126N22O17. The minimum absolute atomic E-state index is 0.0168. The number of guanidine groups is 2. The van der Waals surface area contributed by atoms with Crippen LogP contribution >= 0.6 is 0 Å². The molecule has 111 heavy (non-hydrogen) atoms. The van der Waals surface area contributed by atoms with E-state index in [4.69, 9.17) is 45.9 Å². The standard InChI is InChI=1S/C72H126N22O17/c1-12-40(9)56(94-63(104)45(24-17-18-28-73)86-70(111)57(41(10)13-2)93-60(101)44(74)23-19-29-81-71(77)78)69(110)83-42(11)59(100)88-49(32-38(5)6)64(105)90-51(34-43-21-15-14-16-22-43)66(107)91-52(35-55(97)98)67(108)85-47(26-27-54(75)96)62(103)89-50(33-39(7)8)65(106)92-53(36-95)68(109)84-46(25-20-30-82-72(79)80)61(102)87-48(58(76)99)31-37(3)4/h14-16,21-22,37-42,44-53,56-57,95H,12-13,17-20,23-36,73-74H2,1-11H3,(H2,75,96)(H2,76,99)(H,83,110)(H,84,109)(H,85,108)(H,86,111)(H,87,102)(H,88,100)(H,89,103)(H,90,105)(H,91,107)(H,92,106)(H,93,101)(H,94,104)(H,97,98)(H4,77,78,81)(H4,79,80,82)/t40-,41-,42+,44-,45-,46-,47-,48-,49-,50-,51-,52-,53-,56-,57-/m0/s1. The number of carboxylic acids is 1. The number of carboxylic acid groups (broad SMARTS) is 1. The topological polar surface area (TPSA) is 674 Å². The lowest BCUT2D eigenvalue weighted by molar-refractivity contribution is -0.141. The average Bonchev–Trinajstić information content (AvgIpc) is 0.853. The number of rotatable bonds is 55. The fraction of sp³-hybridized carbons (Fsp3) is 0.681. The molecule has 30 N–H and O–H groups in total. The largest absolute Gasteiger partial charge is 0.481 e. The van der Waals surface area contributed by atoms with Gasteiger partial charge in [0.15, 0.2) is 11.9 Å². The van der Waals surface area contributed by atoms with Gasteiger partial charge >= 0.3 is 5.97 Å². The summed E-state index contributed by atoms with van der Waals surface area (Å²) in [5.74, 6) is -16.9. The number of hydrogen-bond donors (Lipinski definition) is 22. The lowest BCUT2D eigenvalue weighted by atomic mass is 9.95. The molecule has 0 saturated carbocycles. The van der Waals surface area contributed by atoms with Crippen molar-refractivity contribution < 1.29 is 82.1 Å². The van der Waals surface area contributed by atoms with E-state index in [-0.39, 0.29) is 101 Å². The Morgan fingerprint density at radius 2 is 0.775 bits per heavy atom. The first-order valence-corrected chi connectivity index (χ1v) is 37.7. The zero-order chi connectivity index (χ0) is 84.4. The van der Waals surface area contributed by atoms with Gasteiger partial charge in [-0.25, -0.2) is 0 Å². The summed E-state index contributed by atoms with van der Waals surface area (Å²) in [6, 6.07) is -10.7. The van der Waals surface area contributed by atoms with Gasteiger partial charge < -0.3 is 120 Å². The van der Waals surface area contributed by atoms with Crippen LogP contribution < -0.4 is 110 Å². The third kappa shape index (κ3) is 39.2. The molecule has 1 aromatic carbocycles. The van der Waals surface area contributed by atoms with Crippen LogP contribution in [0.2, 0.25) is 0 Å². The Labute approximate surface area is 649 Å². The second-order valence-electron chi connectivity index (χ2n) is 29.1. The van der Waals surface area contributed by atoms with E-state index >= 15 is 0 Å². The number of primary amides is 2. The van der Waals surface area contributed by atoms with E-state index in [1.165, 1.54) is 6.92 Å². The molecule has 0 aliphatic carbocycles. The van der Waals surface area contributed by atoms with Gasteiger partial charge in [0.25, 0.3) is 0 Å². The van der Waals surface area contributed by atoms with E-state index in [1.54, 1.807) is 92.6 Å². The number of benzene rings is 1. The number of nitrogens with one attached hydrogen (secondary N) is 12. The Bertz CT molecular complexity index is 3280. The fourth-order valence-electron chi connectivity index (χ4n) is 11.3. The number of carbonyl (C=O) groups excluding carboxylic acids is 14. The average molecular weight is 1570 g/mol. The lowest BCUT2D eigenvalue weighted by Crippen LogP contribution is -2.61. The summed E-state index contributed by atoms with van der Waals surface area (Å²) in [6.45, 7) is 18.1. The third-order valence-corrected chi connectivity index (χ3v) is 17.9. The predicted molar refractivity (Wildman–Crippen MR) is 414 cm³/mol. The summed E-state index contributed by atoms with van der Waals surface area (Å²) in [7, 11) is 0. The second-order valence-corrected chi connectivity index (χ2v) is 29.1. The first-order chi connectivity index (χ1) is 52.1. The van der Waals surface area contributed by atoms with E-state index in [0.717, 1.165) is 0 Å². The molecule has 0 saturated heterocycles. The number of unbranched alkanes of at least 4 members (excludes halogenated alkanes) is 1. The molecule has 15 atom stereocenters. The molecular weight excluding hydrogens is 1440 g/mol. The van der Waals surface area contributed by atoms with Crippen molar-refractivity contribution in [3.8, 4) is 0 Å². The second kappa shape index (κ2) is 52.0. The smallest absolute Gasteiger partial charge is 0.305 e. The number of hydrogen-bond acceptors (Lipinski definition) is 20. The van der Waals surface area contributed by atoms with E-state index in [0.29, 0.717) is 37.7 Å². The highest BCUT2D eigenvalue weighted by Gasteiger charge is 2.39.